The highest BCUT2D eigenvalue weighted by Crippen LogP contribution is 2.48. The molecule has 0 bridgehead atoms. The first-order valence-electron chi connectivity index (χ1n) is 8.10. The zero-order chi connectivity index (χ0) is 20.2. The predicted molar refractivity (Wildman–Crippen MR) is 94.3 cm³/mol. The van der Waals surface area contributed by atoms with Crippen LogP contribution in [0.2, 0.25) is 10.2 Å². The van der Waals surface area contributed by atoms with Crippen molar-refractivity contribution in [1.29, 1.82) is 5.26 Å². The Morgan fingerprint density at radius 1 is 1.29 bits per heavy atom. The highest BCUT2D eigenvalue weighted by atomic mass is 35.5. The van der Waals surface area contributed by atoms with Crippen molar-refractivity contribution < 1.29 is 13.2 Å². The van der Waals surface area contributed by atoms with Crippen molar-refractivity contribution in [3.63, 3.8) is 0 Å². The molecule has 0 amide bonds. The average Bonchev–Trinajstić information content (AvgIpc) is 3.30. The van der Waals surface area contributed by atoms with Crippen molar-refractivity contribution in [2.24, 2.45) is 5.92 Å². The largest absolute Gasteiger partial charge is 0.435 e. The van der Waals surface area contributed by atoms with Crippen LogP contribution in [0.5, 0.6) is 0 Å². The quantitative estimate of drug-likeness (QED) is 0.635. The van der Waals surface area contributed by atoms with E-state index in [-0.39, 0.29) is 34.9 Å². The van der Waals surface area contributed by atoms with Crippen LogP contribution in [0.3, 0.4) is 0 Å². The molecule has 0 saturated heterocycles. The molecule has 11 heteroatoms. The van der Waals surface area contributed by atoms with Crippen LogP contribution in [0, 0.1) is 17.2 Å². The summed E-state index contributed by atoms with van der Waals surface area (Å²) >= 11 is 12.1. The number of rotatable bonds is 3. The van der Waals surface area contributed by atoms with E-state index >= 15 is 0 Å². The monoisotopic (exact) mass is 427 g/mol. The Morgan fingerprint density at radius 3 is 2.64 bits per heavy atom. The maximum atomic E-state index is 12.8. The number of hydrogen-bond acceptors (Lipinski definition) is 4. The van der Waals surface area contributed by atoms with E-state index in [1.54, 1.807) is 6.07 Å². The SMILES string of the molecule is N#CC1CC1c1c(Cl)ccc2nc(Cn3nc(C(F)(F)F)cc3Cl)cc(=O)n12. The van der Waals surface area contributed by atoms with Gasteiger partial charge in [0.15, 0.2) is 5.69 Å². The highest BCUT2D eigenvalue weighted by Gasteiger charge is 2.41. The van der Waals surface area contributed by atoms with Crippen LogP contribution in [-0.4, -0.2) is 19.2 Å². The van der Waals surface area contributed by atoms with Crippen LogP contribution in [0.1, 0.15) is 29.4 Å². The van der Waals surface area contributed by atoms with E-state index in [0.717, 1.165) is 4.68 Å². The summed E-state index contributed by atoms with van der Waals surface area (Å²) in [5.74, 6) is -0.361. The first-order chi connectivity index (χ1) is 13.2. The van der Waals surface area contributed by atoms with Gasteiger partial charge in [0, 0.05) is 18.1 Å². The number of nitriles is 1. The van der Waals surface area contributed by atoms with Gasteiger partial charge in [0.2, 0.25) is 0 Å². The Labute approximate surface area is 165 Å². The van der Waals surface area contributed by atoms with E-state index in [9.17, 15) is 18.0 Å². The van der Waals surface area contributed by atoms with Gasteiger partial charge in [-0.2, -0.15) is 23.5 Å². The van der Waals surface area contributed by atoms with E-state index in [0.29, 0.717) is 23.2 Å². The van der Waals surface area contributed by atoms with Gasteiger partial charge >= 0.3 is 6.18 Å². The summed E-state index contributed by atoms with van der Waals surface area (Å²) in [6.45, 7) is -0.205. The van der Waals surface area contributed by atoms with Crippen LogP contribution in [0.15, 0.2) is 29.1 Å². The second-order valence-corrected chi connectivity index (χ2v) is 7.23. The smallest absolute Gasteiger partial charge is 0.269 e. The zero-order valence-corrected chi connectivity index (χ0v) is 15.4. The lowest BCUT2D eigenvalue weighted by Gasteiger charge is -2.11. The van der Waals surface area contributed by atoms with Gasteiger partial charge in [0.1, 0.15) is 10.8 Å². The van der Waals surface area contributed by atoms with Gasteiger partial charge in [0.25, 0.3) is 5.56 Å². The highest BCUT2D eigenvalue weighted by molar-refractivity contribution is 6.31. The van der Waals surface area contributed by atoms with Crippen LogP contribution >= 0.6 is 23.2 Å². The number of fused-ring (bicyclic) bond motifs is 1. The van der Waals surface area contributed by atoms with Gasteiger partial charge in [-0.1, -0.05) is 23.2 Å². The summed E-state index contributed by atoms with van der Waals surface area (Å²) in [5.41, 5.74) is -0.568. The van der Waals surface area contributed by atoms with Crippen LogP contribution in [-0.2, 0) is 12.7 Å². The molecule has 0 aliphatic heterocycles. The zero-order valence-electron chi connectivity index (χ0n) is 13.9. The molecule has 0 aromatic carbocycles. The van der Waals surface area contributed by atoms with Gasteiger partial charge in [-0.05, 0) is 18.6 Å². The minimum Gasteiger partial charge on any atom is -0.269 e. The van der Waals surface area contributed by atoms with E-state index in [2.05, 4.69) is 16.2 Å². The minimum atomic E-state index is -4.63. The molecule has 3 aromatic heterocycles. The topological polar surface area (TPSA) is 76.0 Å². The molecule has 1 aliphatic rings. The Balaban J connectivity index is 1.76. The summed E-state index contributed by atoms with van der Waals surface area (Å²) in [6, 6.07) is 7.17. The number of hydrogen-bond donors (Lipinski definition) is 0. The fourth-order valence-corrected chi connectivity index (χ4v) is 3.59. The number of aromatic nitrogens is 4. The number of alkyl halides is 3. The molecule has 3 heterocycles. The van der Waals surface area contributed by atoms with E-state index < -0.39 is 17.4 Å². The summed E-state index contributed by atoms with van der Waals surface area (Å²) in [6.07, 6.45) is -4.02. The van der Waals surface area contributed by atoms with Gasteiger partial charge in [-0.15, -0.1) is 0 Å². The van der Waals surface area contributed by atoms with Gasteiger partial charge in [0.05, 0.1) is 34.9 Å². The molecule has 1 fully saturated rings. The van der Waals surface area contributed by atoms with Crippen molar-refractivity contribution in [1.82, 2.24) is 19.2 Å². The van der Waals surface area contributed by atoms with Crippen LogP contribution in [0.4, 0.5) is 13.2 Å². The molecule has 0 spiro atoms. The molecule has 1 saturated carbocycles. The summed E-state index contributed by atoms with van der Waals surface area (Å²) < 4.78 is 40.6. The summed E-state index contributed by atoms with van der Waals surface area (Å²) in [7, 11) is 0. The molecule has 0 N–H and O–H groups in total. The fourth-order valence-electron chi connectivity index (χ4n) is 3.10. The first-order valence-corrected chi connectivity index (χ1v) is 8.86. The molecule has 2 unspecified atom stereocenters. The van der Waals surface area contributed by atoms with Gasteiger partial charge in [-0.3, -0.25) is 9.20 Å². The summed E-state index contributed by atoms with van der Waals surface area (Å²) in [4.78, 5) is 17.0. The number of nitrogens with zero attached hydrogens (tertiary/aromatic N) is 5. The molecule has 4 rings (SSSR count). The number of pyridine rings is 1. The standard InChI is InChI=1S/C17H10Cl2F3N5O/c18-11-1-2-14-24-9(7-26-13(19)5-12(25-26)17(20,21)22)4-15(28)27(14)16(11)10-3-8(10)6-23/h1-2,4-5,8,10H,3,7H2. The van der Waals surface area contributed by atoms with Gasteiger partial charge < -0.3 is 0 Å². The van der Waals surface area contributed by atoms with Crippen LogP contribution < -0.4 is 5.56 Å². The van der Waals surface area contributed by atoms with Crippen molar-refractivity contribution in [3.05, 3.63) is 61.9 Å². The maximum absolute atomic E-state index is 12.8. The third-order valence-electron chi connectivity index (χ3n) is 4.50. The molecule has 6 nitrogen and oxygen atoms in total. The third kappa shape index (κ3) is 3.23. The molecule has 3 aromatic rings. The van der Waals surface area contributed by atoms with Gasteiger partial charge in [-0.25, -0.2) is 9.67 Å². The lowest BCUT2D eigenvalue weighted by molar-refractivity contribution is -0.141. The molecular weight excluding hydrogens is 418 g/mol. The average molecular weight is 428 g/mol. The van der Waals surface area contributed by atoms with Crippen molar-refractivity contribution in [2.75, 3.05) is 0 Å². The van der Waals surface area contributed by atoms with E-state index in [4.69, 9.17) is 28.5 Å². The molecule has 0 radical (unpaired) electrons. The van der Waals surface area contributed by atoms with Crippen LogP contribution in [0.25, 0.3) is 5.65 Å². The van der Waals surface area contributed by atoms with Crippen molar-refractivity contribution >= 4 is 28.8 Å². The van der Waals surface area contributed by atoms with Crippen molar-refractivity contribution in [3.8, 4) is 6.07 Å². The molecule has 1 aliphatic carbocycles. The Kier molecular flexibility index (Phi) is 4.36. The molecule has 28 heavy (non-hydrogen) atoms. The minimum absolute atomic E-state index is 0.151. The fraction of sp³-hybridized carbons (Fsp3) is 0.294. The Hall–Kier alpha value is -2.57. The lowest BCUT2D eigenvalue weighted by atomic mass is 10.2. The molecule has 144 valence electrons. The van der Waals surface area contributed by atoms with Crippen molar-refractivity contribution in [2.45, 2.75) is 25.1 Å². The third-order valence-corrected chi connectivity index (χ3v) is 5.13. The maximum Gasteiger partial charge on any atom is 0.435 e. The lowest BCUT2D eigenvalue weighted by Crippen LogP contribution is -2.20. The van der Waals surface area contributed by atoms with E-state index in [1.165, 1.54) is 16.5 Å². The Morgan fingerprint density at radius 2 is 2.04 bits per heavy atom. The Bertz CT molecular complexity index is 1190. The molecular formula is C17H10Cl2F3N5O. The predicted octanol–water partition coefficient (Wildman–Crippen LogP) is 3.89. The normalized spacial score (nSPS) is 19.0. The first kappa shape index (κ1) is 18.8. The summed E-state index contributed by atoms with van der Waals surface area (Å²) in [5, 5.41) is 12.6. The number of halogens is 5. The second-order valence-electron chi connectivity index (χ2n) is 6.43. The second kappa shape index (κ2) is 6.50. The molecule has 2 atom stereocenters. The van der Waals surface area contributed by atoms with E-state index in [1.807, 2.05) is 0 Å².